The summed E-state index contributed by atoms with van der Waals surface area (Å²) in [7, 11) is 1.64. The van der Waals surface area contributed by atoms with Gasteiger partial charge in [-0.1, -0.05) is 45.0 Å². The summed E-state index contributed by atoms with van der Waals surface area (Å²) in [6.07, 6.45) is 1.03. The first kappa shape index (κ1) is 20.2. The third kappa shape index (κ3) is 5.26. The van der Waals surface area contributed by atoms with Crippen LogP contribution in [0.4, 0.5) is 5.69 Å². The van der Waals surface area contributed by atoms with Crippen molar-refractivity contribution in [3.05, 3.63) is 53.6 Å². The average molecular weight is 383 g/mol. The molecule has 0 saturated carbocycles. The molecule has 0 radical (unpaired) electrons. The zero-order valence-corrected chi connectivity index (χ0v) is 17.1. The zero-order valence-electron chi connectivity index (χ0n) is 17.1. The van der Waals surface area contributed by atoms with E-state index in [4.69, 9.17) is 14.2 Å². The number of nitrogens with one attached hydrogen (secondary N) is 1. The van der Waals surface area contributed by atoms with Crippen LogP contribution in [0.1, 0.15) is 38.3 Å². The molecular weight excluding hydrogens is 354 g/mol. The van der Waals surface area contributed by atoms with Crippen LogP contribution in [0.15, 0.2) is 42.5 Å². The lowest BCUT2D eigenvalue weighted by atomic mass is 9.86. The van der Waals surface area contributed by atoms with Crippen LogP contribution < -0.4 is 14.8 Å². The Morgan fingerprint density at radius 1 is 1.14 bits per heavy atom. The van der Waals surface area contributed by atoms with Gasteiger partial charge < -0.3 is 19.5 Å². The van der Waals surface area contributed by atoms with Gasteiger partial charge in [-0.2, -0.15) is 0 Å². The van der Waals surface area contributed by atoms with Gasteiger partial charge in [0, 0.05) is 25.3 Å². The monoisotopic (exact) mass is 383 g/mol. The van der Waals surface area contributed by atoms with E-state index < -0.39 is 0 Å². The summed E-state index contributed by atoms with van der Waals surface area (Å²) >= 11 is 0. The number of hydrogen-bond donors (Lipinski definition) is 1. The molecule has 0 fully saturated rings. The van der Waals surface area contributed by atoms with Crippen molar-refractivity contribution in [1.29, 1.82) is 0 Å². The molecule has 3 rings (SSSR count). The molecule has 1 N–H and O–H groups in total. The van der Waals surface area contributed by atoms with E-state index in [2.05, 4.69) is 50.4 Å². The van der Waals surface area contributed by atoms with Crippen LogP contribution in [-0.4, -0.2) is 32.3 Å². The Morgan fingerprint density at radius 2 is 1.89 bits per heavy atom. The van der Waals surface area contributed by atoms with Crippen LogP contribution >= 0.6 is 0 Å². The second-order valence-electron chi connectivity index (χ2n) is 8.16. The molecule has 0 spiro atoms. The van der Waals surface area contributed by atoms with Gasteiger partial charge >= 0.3 is 0 Å². The van der Waals surface area contributed by atoms with Crippen LogP contribution in [0.3, 0.4) is 0 Å². The van der Waals surface area contributed by atoms with Crippen LogP contribution in [-0.2, 0) is 21.4 Å². The Labute approximate surface area is 167 Å². The second kappa shape index (κ2) is 8.65. The smallest absolute Gasteiger partial charge is 0.224 e. The number of methoxy groups -OCH3 is 1. The fourth-order valence-corrected chi connectivity index (χ4v) is 3.11. The van der Waals surface area contributed by atoms with E-state index in [1.54, 1.807) is 13.2 Å². The molecule has 1 aliphatic rings. The summed E-state index contributed by atoms with van der Waals surface area (Å²) in [5, 5.41) is 2.94. The quantitative estimate of drug-likeness (QED) is 0.806. The summed E-state index contributed by atoms with van der Waals surface area (Å²) in [6.45, 7) is 7.50. The lowest BCUT2D eigenvalue weighted by Gasteiger charge is -2.26. The Kier molecular flexibility index (Phi) is 6.25. The Bertz CT molecular complexity index is 808. The Morgan fingerprint density at radius 3 is 2.57 bits per heavy atom. The maximum absolute atomic E-state index is 12.3. The van der Waals surface area contributed by atoms with Gasteiger partial charge in [0.2, 0.25) is 5.91 Å². The Hall–Kier alpha value is -2.53. The van der Waals surface area contributed by atoms with Gasteiger partial charge in [-0.05, 0) is 35.1 Å². The number of amides is 1. The van der Waals surface area contributed by atoms with E-state index in [1.807, 2.05) is 12.1 Å². The van der Waals surface area contributed by atoms with Crippen molar-refractivity contribution in [3.63, 3.8) is 0 Å². The third-order valence-corrected chi connectivity index (χ3v) is 4.76. The summed E-state index contributed by atoms with van der Waals surface area (Å²) in [5.41, 5.74) is 3.30. The van der Waals surface area contributed by atoms with Crippen molar-refractivity contribution in [2.24, 2.45) is 0 Å². The van der Waals surface area contributed by atoms with Crippen molar-refractivity contribution in [3.8, 4) is 11.5 Å². The second-order valence-corrected chi connectivity index (χ2v) is 8.16. The van der Waals surface area contributed by atoms with Crippen molar-refractivity contribution >= 4 is 11.6 Å². The number of fused-ring (bicyclic) bond motifs is 1. The van der Waals surface area contributed by atoms with E-state index in [-0.39, 0.29) is 17.4 Å². The molecule has 0 bridgehead atoms. The summed E-state index contributed by atoms with van der Waals surface area (Å²) in [4.78, 5) is 12.3. The van der Waals surface area contributed by atoms with Gasteiger partial charge in [-0.25, -0.2) is 0 Å². The molecule has 28 heavy (non-hydrogen) atoms. The largest absolute Gasteiger partial charge is 0.486 e. The fourth-order valence-electron chi connectivity index (χ4n) is 3.11. The highest BCUT2D eigenvalue weighted by molar-refractivity contribution is 5.91. The predicted octanol–water partition coefficient (Wildman–Crippen LogP) is 4.34. The number of rotatable bonds is 6. The van der Waals surface area contributed by atoms with Gasteiger partial charge in [0.25, 0.3) is 0 Å². The maximum Gasteiger partial charge on any atom is 0.224 e. The predicted molar refractivity (Wildman–Crippen MR) is 110 cm³/mol. The molecule has 5 nitrogen and oxygen atoms in total. The minimum Gasteiger partial charge on any atom is -0.486 e. The van der Waals surface area contributed by atoms with Gasteiger partial charge in [0.05, 0.1) is 6.61 Å². The first-order chi connectivity index (χ1) is 13.3. The fraction of sp³-hybridized carbons (Fsp3) is 0.435. The number of hydrogen-bond acceptors (Lipinski definition) is 4. The number of aryl methyl sites for hydroxylation is 1. The summed E-state index contributed by atoms with van der Waals surface area (Å²) < 4.78 is 16.6. The van der Waals surface area contributed by atoms with E-state index in [1.165, 1.54) is 5.56 Å². The first-order valence-electron chi connectivity index (χ1n) is 9.67. The molecule has 1 unspecified atom stereocenters. The molecule has 1 aliphatic heterocycles. The molecule has 0 aliphatic carbocycles. The van der Waals surface area contributed by atoms with Gasteiger partial charge in [-0.3, -0.25) is 4.79 Å². The molecule has 1 atom stereocenters. The summed E-state index contributed by atoms with van der Waals surface area (Å²) in [5.74, 6) is 1.29. The maximum atomic E-state index is 12.3. The summed E-state index contributed by atoms with van der Waals surface area (Å²) in [6, 6.07) is 13.9. The van der Waals surface area contributed by atoms with E-state index in [0.717, 1.165) is 5.56 Å². The highest BCUT2D eigenvalue weighted by atomic mass is 16.6. The lowest BCUT2D eigenvalue weighted by molar-refractivity contribution is -0.116. The zero-order chi connectivity index (χ0) is 20.1. The molecular formula is C23H29NO4. The Balaban J connectivity index is 1.53. The lowest BCUT2D eigenvalue weighted by Crippen LogP contribution is -2.33. The SMILES string of the molecule is COCC1COc2cc(NC(=O)CCc3ccc(C(C)(C)C)cc3)ccc2O1. The molecule has 2 aromatic carbocycles. The first-order valence-corrected chi connectivity index (χ1v) is 9.67. The topological polar surface area (TPSA) is 56.8 Å². The molecule has 1 amide bonds. The van der Waals surface area contributed by atoms with Crippen LogP contribution in [0.5, 0.6) is 11.5 Å². The van der Waals surface area contributed by atoms with Crippen molar-refractivity contribution in [1.82, 2.24) is 0 Å². The number of carbonyl (C=O) groups excluding carboxylic acids is 1. The molecule has 0 saturated heterocycles. The molecule has 0 aromatic heterocycles. The standard InChI is InChI=1S/C23H29NO4/c1-23(2,3)17-8-5-16(6-9-17)7-12-22(25)24-18-10-11-20-21(13-18)27-15-19(28-20)14-26-4/h5-6,8-11,13,19H,7,12,14-15H2,1-4H3,(H,24,25). The number of anilines is 1. The van der Waals surface area contributed by atoms with Crippen LogP contribution in [0.2, 0.25) is 0 Å². The minimum atomic E-state index is -0.109. The van der Waals surface area contributed by atoms with Gasteiger partial charge in [-0.15, -0.1) is 0 Å². The molecule has 1 heterocycles. The average Bonchev–Trinajstić information content (AvgIpc) is 2.66. The van der Waals surface area contributed by atoms with Crippen molar-refractivity contribution in [2.75, 3.05) is 25.6 Å². The van der Waals surface area contributed by atoms with Crippen molar-refractivity contribution in [2.45, 2.75) is 45.1 Å². The molecule has 2 aromatic rings. The molecule has 5 heteroatoms. The van der Waals surface area contributed by atoms with Crippen LogP contribution in [0, 0.1) is 0 Å². The van der Waals surface area contributed by atoms with Crippen LogP contribution in [0.25, 0.3) is 0 Å². The number of ether oxygens (including phenoxy) is 3. The number of carbonyl (C=O) groups is 1. The highest BCUT2D eigenvalue weighted by Gasteiger charge is 2.21. The molecule has 150 valence electrons. The highest BCUT2D eigenvalue weighted by Crippen LogP contribution is 2.34. The van der Waals surface area contributed by atoms with E-state index >= 15 is 0 Å². The van der Waals surface area contributed by atoms with E-state index in [9.17, 15) is 4.79 Å². The minimum absolute atomic E-state index is 0.0196. The van der Waals surface area contributed by atoms with Gasteiger partial charge in [0.1, 0.15) is 6.61 Å². The van der Waals surface area contributed by atoms with Crippen molar-refractivity contribution < 1.29 is 19.0 Å². The van der Waals surface area contributed by atoms with E-state index in [0.29, 0.717) is 43.2 Å². The van der Waals surface area contributed by atoms with Gasteiger partial charge in [0.15, 0.2) is 17.6 Å². The number of benzene rings is 2. The third-order valence-electron chi connectivity index (χ3n) is 4.76. The normalized spacial score (nSPS) is 15.9.